The second-order valence-electron chi connectivity index (χ2n) is 8.02. The lowest BCUT2D eigenvalue weighted by Crippen LogP contribution is -2.31. The standard InChI is InChI=1S/C16H28O2/c1-15(2,3)11-6-8-12(9-7-11)18-14(17)13-10-16(13,4)5/h11-13H,6-10H2,1-5H3. The zero-order valence-electron chi connectivity index (χ0n) is 12.6. The Hall–Kier alpha value is -0.530. The van der Waals surface area contributed by atoms with Crippen molar-refractivity contribution in [2.45, 2.75) is 72.8 Å². The van der Waals surface area contributed by atoms with E-state index < -0.39 is 0 Å². The van der Waals surface area contributed by atoms with Gasteiger partial charge in [0.05, 0.1) is 5.92 Å². The summed E-state index contributed by atoms with van der Waals surface area (Å²) in [5.41, 5.74) is 0.590. The molecule has 0 aromatic heterocycles. The van der Waals surface area contributed by atoms with Crippen LogP contribution in [0.2, 0.25) is 0 Å². The maximum Gasteiger partial charge on any atom is 0.309 e. The first-order chi connectivity index (χ1) is 8.20. The number of carbonyl (C=O) groups excluding carboxylic acids is 1. The molecule has 0 aromatic rings. The number of hydrogen-bond donors (Lipinski definition) is 0. The van der Waals surface area contributed by atoms with Gasteiger partial charge in [-0.3, -0.25) is 4.79 Å². The molecular weight excluding hydrogens is 224 g/mol. The average Bonchev–Trinajstić information content (AvgIpc) is 2.87. The van der Waals surface area contributed by atoms with E-state index in [-0.39, 0.29) is 23.4 Å². The highest BCUT2D eigenvalue weighted by Crippen LogP contribution is 2.52. The Morgan fingerprint density at radius 2 is 1.61 bits per heavy atom. The van der Waals surface area contributed by atoms with E-state index >= 15 is 0 Å². The molecule has 2 aliphatic rings. The van der Waals surface area contributed by atoms with Crippen molar-refractivity contribution < 1.29 is 9.53 Å². The van der Waals surface area contributed by atoms with Crippen LogP contribution in [0.5, 0.6) is 0 Å². The molecule has 0 saturated heterocycles. The molecule has 2 saturated carbocycles. The zero-order valence-corrected chi connectivity index (χ0v) is 12.6. The summed E-state index contributed by atoms with van der Waals surface area (Å²) in [5, 5.41) is 0. The number of rotatable bonds is 2. The smallest absolute Gasteiger partial charge is 0.309 e. The first-order valence-corrected chi connectivity index (χ1v) is 7.40. The zero-order chi connectivity index (χ0) is 13.6. The number of ether oxygens (including phenoxy) is 1. The first-order valence-electron chi connectivity index (χ1n) is 7.40. The van der Waals surface area contributed by atoms with Crippen LogP contribution in [0.1, 0.15) is 66.7 Å². The lowest BCUT2D eigenvalue weighted by molar-refractivity contribution is -0.153. The number of hydrogen-bond acceptors (Lipinski definition) is 2. The van der Waals surface area contributed by atoms with Crippen molar-refractivity contribution in [3.8, 4) is 0 Å². The van der Waals surface area contributed by atoms with Crippen LogP contribution in [0.25, 0.3) is 0 Å². The van der Waals surface area contributed by atoms with Crippen LogP contribution < -0.4 is 0 Å². The van der Waals surface area contributed by atoms with Gasteiger partial charge in [0.2, 0.25) is 0 Å². The molecule has 0 heterocycles. The minimum absolute atomic E-state index is 0.0548. The molecule has 2 heteroatoms. The van der Waals surface area contributed by atoms with E-state index in [1.807, 2.05) is 0 Å². The van der Waals surface area contributed by atoms with Crippen LogP contribution in [0.3, 0.4) is 0 Å². The number of carbonyl (C=O) groups is 1. The van der Waals surface area contributed by atoms with E-state index in [0.29, 0.717) is 5.41 Å². The fourth-order valence-corrected chi connectivity index (χ4v) is 3.16. The van der Waals surface area contributed by atoms with Crippen molar-refractivity contribution in [2.24, 2.45) is 22.7 Å². The quantitative estimate of drug-likeness (QED) is 0.689. The highest BCUT2D eigenvalue weighted by atomic mass is 16.5. The van der Waals surface area contributed by atoms with Gasteiger partial charge in [-0.2, -0.15) is 0 Å². The molecule has 0 aromatic carbocycles. The van der Waals surface area contributed by atoms with Gasteiger partial charge in [0, 0.05) is 0 Å². The third kappa shape index (κ3) is 3.07. The molecule has 0 radical (unpaired) electrons. The van der Waals surface area contributed by atoms with Gasteiger partial charge < -0.3 is 4.74 Å². The Morgan fingerprint density at radius 3 is 2.00 bits per heavy atom. The molecule has 18 heavy (non-hydrogen) atoms. The topological polar surface area (TPSA) is 26.3 Å². The van der Waals surface area contributed by atoms with Crippen molar-refractivity contribution in [3.63, 3.8) is 0 Å². The van der Waals surface area contributed by atoms with Crippen molar-refractivity contribution in [2.75, 3.05) is 0 Å². The summed E-state index contributed by atoms with van der Waals surface area (Å²) in [6, 6.07) is 0. The van der Waals surface area contributed by atoms with Crippen LogP contribution >= 0.6 is 0 Å². The van der Waals surface area contributed by atoms with Gasteiger partial charge >= 0.3 is 5.97 Å². The lowest BCUT2D eigenvalue weighted by atomic mass is 9.72. The van der Waals surface area contributed by atoms with Crippen LogP contribution in [-0.2, 0) is 9.53 Å². The summed E-state index contributed by atoms with van der Waals surface area (Å²) in [7, 11) is 0. The molecule has 1 atom stereocenters. The maximum atomic E-state index is 11.9. The third-order valence-corrected chi connectivity index (χ3v) is 4.98. The van der Waals surface area contributed by atoms with Gasteiger partial charge in [0.25, 0.3) is 0 Å². The summed E-state index contributed by atoms with van der Waals surface area (Å²) in [6.45, 7) is 11.2. The van der Waals surface area contributed by atoms with Crippen molar-refractivity contribution >= 4 is 5.97 Å². The highest BCUT2D eigenvalue weighted by molar-refractivity contribution is 5.76. The molecule has 0 N–H and O–H groups in total. The molecule has 1 unspecified atom stereocenters. The average molecular weight is 252 g/mol. The van der Waals surface area contributed by atoms with Gasteiger partial charge in [0.1, 0.15) is 6.10 Å². The second-order valence-corrected chi connectivity index (χ2v) is 8.02. The Kier molecular flexibility index (Phi) is 3.50. The van der Waals surface area contributed by atoms with E-state index in [4.69, 9.17) is 4.74 Å². The van der Waals surface area contributed by atoms with E-state index in [2.05, 4.69) is 34.6 Å². The Balaban J connectivity index is 1.76. The minimum Gasteiger partial charge on any atom is -0.462 e. The van der Waals surface area contributed by atoms with Crippen LogP contribution in [-0.4, -0.2) is 12.1 Å². The molecule has 104 valence electrons. The lowest BCUT2D eigenvalue weighted by Gasteiger charge is -2.36. The van der Waals surface area contributed by atoms with Crippen molar-refractivity contribution in [1.82, 2.24) is 0 Å². The third-order valence-electron chi connectivity index (χ3n) is 4.98. The molecule has 0 aliphatic heterocycles. The molecule has 0 bridgehead atoms. The Morgan fingerprint density at radius 1 is 1.11 bits per heavy atom. The predicted octanol–water partition coefficient (Wildman–Crippen LogP) is 4.18. The summed E-state index contributed by atoms with van der Waals surface area (Å²) in [4.78, 5) is 11.9. The summed E-state index contributed by atoms with van der Waals surface area (Å²) in [6.07, 6.45) is 5.71. The summed E-state index contributed by atoms with van der Waals surface area (Å²) in [5.74, 6) is 1.00. The van der Waals surface area contributed by atoms with Gasteiger partial charge in [-0.25, -0.2) is 0 Å². The minimum atomic E-state index is 0.0548. The van der Waals surface area contributed by atoms with Crippen LogP contribution in [0.15, 0.2) is 0 Å². The van der Waals surface area contributed by atoms with E-state index in [0.717, 1.165) is 25.2 Å². The molecular formula is C16H28O2. The second kappa shape index (κ2) is 4.54. The fourth-order valence-electron chi connectivity index (χ4n) is 3.16. The molecule has 2 nitrogen and oxygen atoms in total. The number of esters is 1. The molecule has 2 rings (SSSR count). The van der Waals surface area contributed by atoms with E-state index in [9.17, 15) is 4.79 Å². The van der Waals surface area contributed by atoms with E-state index in [1.54, 1.807) is 0 Å². The predicted molar refractivity (Wildman–Crippen MR) is 73.2 cm³/mol. The van der Waals surface area contributed by atoms with Crippen molar-refractivity contribution in [1.29, 1.82) is 0 Å². The summed E-state index contributed by atoms with van der Waals surface area (Å²) < 4.78 is 5.67. The highest BCUT2D eigenvalue weighted by Gasteiger charge is 2.52. The van der Waals surface area contributed by atoms with Crippen LogP contribution in [0.4, 0.5) is 0 Å². The summed E-state index contributed by atoms with van der Waals surface area (Å²) >= 11 is 0. The van der Waals surface area contributed by atoms with Crippen LogP contribution in [0, 0.1) is 22.7 Å². The van der Waals surface area contributed by atoms with Gasteiger partial charge in [-0.15, -0.1) is 0 Å². The SMILES string of the molecule is CC(C)(C)C1CCC(OC(=O)C2CC2(C)C)CC1. The molecule has 2 aliphatic carbocycles. The Bertz CT molecular complexity index is 316. The molecule has 2 fully saturated rings. The molecule has 0 spiro atoms. The largest absolute Gasteiger partial charge is 0.462 e. The van der Waals surface area contributed by atoms with Gasteiger partial charge in [0.15, 0.2) is 0 Å². The fraction of sp³-hybridized carbons (Fsp3) is 0.938. The van der Waals surface area contributed by atoms with Crippen molar-refractivity contribution in [3.05, 3.63) is 0 Å². The normalized spacial score (nSPS) is 35.1. The Labute approximate surface area is 111 Å². The van der Waals surface area contributed by atoms with Gasteiger partial charge in [-0.1, -0.05) is 34.6 Å². The van der Waals surface area contributed by atoms with Gasteiger partial charge in [-0.05, 0) is 48.9 Å². The maximum absolute atomic E-state index is 11.9. The van der Waals surface area contributed by atoms with E-state index in [1.165, 1.54) is 12.8 Å². The molecule has 0 amide bonds. The first kappa shape index (κ1) is 13.9. The monoisotopic (exact) mass is 252 g/mol.